The van der Waals surface area contributed by atoms with Gasteiger partial charge in [-0.05, 0) is 6.26 Å². The summed E-state index contributed by atoms with van der Waals surface area (Å²) in [6, 6.07) is 1.73. The van der Waals surface area contributed by atoms with Gasteiger partial charge in [-0.25, -0.2) is 15.8 Å². The van der Waals surface area contributed by atoms with Crippen LogP contribution < -0.4 is 16.6 Å². The summed E-state index contributed by atoms with van der Waals surface area (Å²) < 4.78 is 4.65. The first-order valence-corrected chi connectivity index (χ1v) is 6.43. The minimum Gasteiger partial charge on any atom is -0.369 e. The molecule has 8 nitrogen and oxygen atoms in total. The molecule has 0 aromatic carbocycles. The highest BCUT2D eigenvalue weighted by Gasteiger charge is 2.03. The van der Waals surface area contributed by atoms with Gasteiger partial charge >= 0.3 is 0 Å². The Morgan fingerprint density at radius 1 is 1.39 bits per heavy atom. The predicted octanol–water partition coefficient (Wildman–Crippen LogP) is 0.522. The first-order valence-electron chi connectivity index (χ1n) is 5.20. The topological polar surface area (TPSA) is 115 Å². The number of anilines is 2. The molecule has 0 unspecified atom stereocenters. The van der Waals surface area contributed by atoms with Gasteiger partial charge in [0.15, 0.2) is 11.0 Å². The summed E-state index contributed by atoms with van der Waals surface area (Å²) in [4.78, 5) is 12.4. The quantitative estimate of drug-likeness (QED) is 0.298. The van der Waals surface area contributed by atoms with Crippen LogP contribution in [0.15, 0.2) is 22.1 Å². The molecule has 0 aliphatic heterocycles. The number of thioether (sulfide) groups is 1. The van der Waals surface area contributed by atoms with E-state index in [2.05, 4.69) is 35.4 Å². The first-order chi connectivity index (χ1) is 8.81. The second-order valence-electron chi connectivity index (χ2n) is 3.29. The summed E-state index contributed by atoms with van der Waals surface area (Å²) in [5, 5.41) is 7.52. The summed E-state index contributed by atoms with van der Waals surface area (Å²) in [7, 11) is 0. The van der Waals surface area contributed by atoms with Gasteiger partial charge in [0.05, 0.1) is 0 Å². The van der Waals surface area contributed by atoms with Crippen LogP contribution in [-0.2, 0) is 6.42 Å². The largest absolute Gasteiger partial charge is 0.369 e. The Morgan fingerprint density at radius 3 is 2.89 bits per heavy atom. The highest BCUT2D eigenvalue weighted by molar-refractivity contribution is 7.98. The zero-order chi connectivity index (χ0) is 12.8. The maximum Gasteiger partial charge on any atom is 0.213 e. The molecular formula is C9H13N7OS. The van der Waals surface area contributed by atoms with E-state index in [0.717, 1.165) is 0 Å². The predicted molar refractivity (Wildman–Crippen MR) is 68.1 cm³/mol. The number of nitrogens with zero attached hydrogens (tertiary/aromatic N) is 4. The summed E-state index contributed by atoms with van der Waals surface area (Å²) in [5.74, 6) is 7.26. The van der Waals surface area contributed by atoms with Crippen molar-refractivity contribution in [2.45, 2.75) is 11.6 Å². The van der Waals surface area contributed by atoms with Gasteiger partial charge < -0.3 is 15.3 Å². The Labute approximate surface area is 108 Å². The van der Waals surface area contributed by atoms with E-state index >= 15 is 0 Å². The number of nitrogens with one attached hydrogen (secondary N) is 2. The second kappa shape index (κ2) is 6.17. The van der Waals surface area contributed by atoms with Crippen LogP contribution in [0.5, 0.6) is 0 Å². The average Bonchev–Trinajstić information content (AvgIpc) is 2.91. The molecule has 96 valence electrons. The van der Waals surface area contributed by atoms with Gasteiger partial charge in [0, 0.05) is 19.0 Å². The lowest BCUT2D eigenvalue weighted by atomic mass is 10.4. The molecule has 0 amide bonds. The average molecular weight is 267 g/mol. The van der Waals surface area contributed by atoms with Crippen molar-refractivity contribution in [3.05, 3.63) is 18.3 Å². The highest BCUT2D eigenvalue weighted by atomic mass is 32.2. The van der Waals surface area contributed by atoms with Crippen molar-refractivity contribution >= 4 is 23.4 Å². The zero-order valence-electron chi connectivity index (χ0n) is 9.75. The fourth-order valence-electron chi connectivity index (χ4n) is 1.29. The van der Waals surface area contributed by atoms with Crippen molar-refractivity contribution in [2.24, 2.45) is 5.84 Å². The smallest absolute Gasteiger partial charge is 0.213 e. The van der Waals surface area contributed by atoms with E-state index in [1.807, 2.05) is 6.26 Å². The first kappa shape index (κ1) is 12.6. The number of hydrogen-bond donors (Lipinski definition) is 3. The molecule has 2 aromatic heterocycles. The van der Waals surface area contributed by atoms with E-state index < -0.39 is 0 Å². The summed E-state index contributed by atoms with van der Waals surface area (Å²) in [6.07, 6.45) is 3.86. The van der Waals surface area contributed by atoms with Crippen molar-refractivity contribution < 1.29 is 4.52 Å². The summed E-state index contributed by atoms with van der Waals surface area (Å²) >= 11 is 1.45. The van der Waals surface area contributed by atoms with Gasteiger partial charge in [-0.15, -0.1) is 0 Å². The van der Waals surface area contributed by atoms with E-state index in [1.54, 1.807) is 6.07 Å². The standard InChI is InChI=1S/C9H13N7OS/c1-18-9-13-7(4-8(14-9)15-10)11-3-2-6-12-5-17-16-6/h4-5H,2-3,10H2,1H3,(H2,11,13,14,15). The van der Waals surface area contributed by atoms with E-state index in [0.29, 0.717) is 35.6 Å². The van der Waals surface area contributed by atoms with Gasteiger partial charge in [0.2, 0.25) is 6.39 Å². The molecule has 0 aliphatic carbocycles. The fourth-order valence-corrected chi connectivity index (χ4v) is 1.67. The fraction of sp³-hybridized carbons (Fsp3) is 0.333. The molecule has 9 heteroatoms. The number of nitrogen functional groups attached to an aromatic ring is 1. The number of nitrogens with two attached hydrogens (primary N) is 1. The third-order valence-corrected chi connectivity index (χ3v) is 2.65. The number of rotatable bonds is 6. The number of aromatic nitrogens is 4. The molecule has 0 atom stereocenters. The third-order valence-electron chi connectivity index (χ3n) is 2.10. The van der Waals surface area contributed by atoms with Crippen LogP contribution in [0.25, 0.3) is 0 Å². The molecule has 0 saturated heterocycles. The van der Waals surface area contributed by atoms with E-state index in [-0.39, 0.29) is 0 Å². The Kier molecular flexibility index (Phi) is 4.31. The molecule has 2 heterocycles. The van der Waals surface area contributed by atoms with E-state index in [9.17, 15) is 0 Å². The van der Waals surface area contributed by atoms with Crippen LogP contribution >= 0.6 is 11.8 Å². The van der Waals surface area contributed by atoms with Gasteiger partial charge in [-0.3, -0.25) is 0 Å². The van der Waals surface area contributed by atoms with Gasteiger partial charge in [-0.2, -0.15) is 4.98 Å². The lowest BCUT2D eigenvalue weighted by Crippen LogP contribution is -2.12. The molecule has 2 rings (SSSR count). The molecule has 0 saturated carbocycles. The minimum absolute atomic E-state index is 0.566. The Morgan fingerprint density at radius 2 is 2.22 bits per heavy atom. The Hall–Kier alpha value is -1.87. The molecule has 0 radical (unpaired) electrons. The Balaban J connectivity index is 1.95. The molecule has 4 N–H and O–H groups in total. The van der Waals surface area contributed by atoms with Crippen molar-refractivity contribution in [1.29, 1.82) is 0 Å². The monoisotopic (exact) mass is 267 g/mol. The number of hydrazine groups is 1. The van der Waals surface area contributed by atoms with Crippen LogP contribution in [0.1, 0.15) is 5.82 Å². The second-order valence-corrected chi connectivity index (χ2v) is 4.07. The van der Waals surface area contributed by atoms with E-state index in [4.69, 9.17) is 5.84 Å². The maximum absolute atomic E-state index is 5.34. The SMILES string of the molecule is CSc1nc(NN)cc(NCCc2ncon2)n1. The maximum atomic E-state index is 5.34. The molecule has 0 fully saturated rings. The minimum atomic E-state index is 0.566. The summed E-state index contributed by atoms with van der Waals surface area (Å²) in [6.45, 7) is 0.647. The van der Waals surface area contributed by atoms with Crippen molar-refractivity contribution in [3.63, 3.8) is 0 Å². The van der Waals surface area contributed by atoms with Gasteiger partial charge in [0.1, 0.15) is 11.6 Å². The molecular weight excluding hydrogens is 254 g/mol. The third kappa shape index (κ3) is 3.31. The van der Waals surface area contributed by atoms with Crippen molar-refractivity contribution in [1.82, 2.24) is 20.1 Å². The van der Waals surface area contributed by atoms with Gasteiger partial charge in [0.25, 0.3) is 0 Å². The molecule has 2 aromatic rings. The highest BCUT2D eigenvalue weighted by Crippen LogP contribution is 2.16. The van der Waals surface area contributed by atoms with Gasteiger partial charge in [-0.1, -0.05) is 16.9 Å². The van der Waals surface area contributed by atoms with Crippen LogP contribution in [0.4, 0.5) is 11.6 Å². The van der Waals surface area contributed by atoms with Crippen LogP contribution in [-0.4, -0.2) is 32.9 Å². The van der Waals surface area contributed by atoms with Crippen LogP contribution in [0, 0.1) is 0 Å². The van der Waals surface area contributed by atoms with Crippen LogP contribution in [0.2, 0.25) is 0 Å². The molecule has 0 aliphatic rings. The molecule has 0 bridgehead atoms. The normalized spacial score (nSPS) is 10.3. The number of hydrogen-bond acceptors (Lipinski definition) is 9. The lowest BCUT2D eigenvalue weighted by Gasteiger charge is -2.07. The van der Waals surface area contributed by atoms with E-state index in [1.165, 1.54) is 18.2 Å². The van der Waals surface area contributed by atoms with Crippen LogP contribution in [0.3, 0.4) is 0 Å². The van der Waals surface area contributed by atoms with Crippen molar-refractivity contribution in [2.75, 3.05) is 23.5 Å². The summed E-state index contributed by atoms with van der Waals surface area (Å²) in [5.41, 5.74) is 2.50. The molecule has 0 spiro atoms. The zero-order valence-corrected chi connectivity index (χ0v) is 10.6. The Bertz CT molecular complexity index is 467. The lowest BCUT2D eigenvalue weighted by molar-refractivity contribution is 0.410. The van der Waals surface area contributed by atoms with Crippen molar-refractivity contribution in [3.8, 4) is 0 Å². The molecule has 18 heavy (non-hydrogen) atoms.